The number of halogens is 4. The fourth-order valence-electron chi connectivity index (χ4n) is 2.12. The normalized spacial score (nSPS) is 11.9. The topological polar surface area (TPSA) is 46.9 Å². The van der Waals surface area contributed by atoms with Gasteiger partial charge in [-0.2, -0.15) is 18.3 Å². The third-order valence-corrected chi connectivity index (χ3v) is 4.52. The molecule has 0 unspecified atom stereocenters. The van der Waals surface area contributed by atoms with Crippen LogP contribution in [0.5, 0.6) is 0 Å². The van der Waals surface area contributed by atoms with E-state index in [9.17, 15) is 18.0 Å². The Morgan fingerprint density at radius 3 is 2.74 bits per heavy atom. The van der Waals surface area contributed by atoms with Gasteiger partial charge in [0.2, 0.25) is 0 Å². The van der Waals surface area contributed by atoms with E-state index < -0.39 is 17.8 Å². The molecule has 9 heteroatoms. The highest BCUT2D eigenvalue weighted by Crippen LogP contribution is 2.37. The minimum absolute atomic E-state index is 0.0822. The Hall–Kier alpha value is -2.06. The van der Waals surface area contributed by atoms with Crippen LogP contribution in [0.3, 0.4) is 0 Å². The zero-order valence-electron chi connectivity index (χ0n) is 11.6. The van der Waals surface area contributed by atoms with E-state index in [-0.39, 0.29) is 15.1 Å². The maximum atomic E-state index is 12.9. The van der Waals surface area contributed by atoms with Gasteiger partial charge in [-0.1, -0.05) is 17.7 Å². The Morgan fingerprint density at radius 2 is 2.09 bits per heavy atom. The minimum atomic E-state index is -4.57. The quantitative estimate of drug-likeness (QED) is 0.729. The molecule has 120 valence electrons. The van der Waals surface area contributed by atoms with Gasteiger partial charge in [0.05, 0.1) is 4.88 Å². The van der Waals surface area contributed by atoms with Crippen LogP contribution < -0.4 is 5.32 Å². The number of carbonyl (C=O) groups is 1. The van der Waals surface area contributed by atoms with Crippen molar-refractivity contribution >= 4 is 44.7 Å². The Labute approximate surface area is 137 Å². The van der Waals surface area contributed by atoms with Crippen molar-refractivity contribution in [1.82, 2.24) is 9.78 Å². The molecule has 3 aromatic rings. The monoisotopic (exact) mass is 359 g/mol. The molecule has 4 nitrogen and oxygen atoms in total. The van der Waals surface area contributed by atoms with Crippen LogP contribution in [-0.2, 0) is 13.2 Å². The van der Waals surface area contributed by atoms with Crippen LogP contribution in [0.2, 0.25) is 5.02 Å². The van der Waals surface area contributed by atoms with Gasteiger partial charge in [0, 0.05) is 23.1 Å². The summed E-state index contributed by atoms with van der Waals surface area (Å²) < 4.78 is 40.0. The first-order valence-electron chi connectivity index (χ1n) is 6.36. The minimum Gasteiger partial charge on any atom is -0.321 e. The molecule has 0 aliphatic rings. The molecule has 3 rings (SSSR count). The molecule has 1 amide bonds. The SMILES string of the molecule is Cn1nc(C(F)(F)F)c2cc(C(=O)Nc3cccc(Cl)c3)sc21. The highest BCUT2D eigenvalue weighted by atomic mass is 35.5. The van der Waals surface area contributed by atoms with Crippen LogP contribution in [0, 0.1) is 0 Å². The number of nitrogens with zero attached hydrogens (tertiary/aromatic N) is 2. The lowest BCUT2D eigenvalue weighted by molar-refractivity contribution is -0.140. The lowest BCUT2D eigenvalue weighted by atomic mass is 10.2. The van der Waals surface area contributed by atoms with Gasteiger partial charge in [-0.05, 0) is 24.3 Å². The number of aromatic nitrogens is 2. The molecular weight excluding hydrogens is 351 g/mol. The molecule has 0 radical (unpaired) electrons. The van der Waals surface area contributed by atoms with E-state index in [0.29, 0.717) is 10.7 Å². The van der Waals surface area contributed by atoms with E-state index in [1.165, 1.54) is 13.1 Å². The van der Waals surface area contributed by atoms with E-state index in [1.807, 2.05) is 0 Å². The van der Waals surface area contributed by atoms with Crippen molar-refractivity contribution in [3.05, 3.63) is 45.9 Å². The van der Waals surface area contributed by atoms with Gasteiger partial charge in [-0.25, -0.2) is 0 Å². The average Bonchev–Trinajstić information content (AvgIpc) is 2.99. The van der Waals surface area contributed by atoms with E-state index in [1.54, 1.807) is 24.3 Å². The number of anilines is 1. The Kier molecular flexibility index (Phi) is 3.81. The van der Waals surface area contributed by atoms with Crippen LogP contribution in [0.15, 0.2) is 30.3 Å². The van der Waals surface area contributed by atoms with Crippen LogP contribution in [0.4, 0.5) is 18.9 Å². The highest BCUT2D eigenvalue weighted by molar-refractivity contribution is 7.20. The third kappa shape index (κ3) is 3.04. The molecule has 2 heterocycles. The summed E-state index contributed by atoms with van der Waals surface area (Å²) in [6.07, 6.45) is -4.57. The lowest BCUT2D eigenvalue weighted by Crippen LogP contribution is -2.10. The molecule has 0 fully saturated rings. The molecule has 0 saturated heterocycles. The summed E-state index contributed by atoms with van der Waals surface area (Å²) in [6, 6.07) is 7.71. The second kappa shape index (κ2) is 5.54. The number of hydrogen-bond donors (Lipinski definition) is 1. The van der Waals surface area contributed by atoms with Crippen molar-refractivity contribution in [3.8, 4) is 0 Å². The second-order valence-electron chi connectivity index (χ2n) is 4.76. The zero-order chi connectivity index (χ0) is 16.8. The summed E-state index contributed by atoms with van der Waals surface area (Å²) in [5, 5.41) is 6.44. The van der Waals surface area contributed by atoms with Crippen LogP contribution in [0.1, 0.15) is 15.4 Å². The molecule has 0 aliphatic carbocycles. The molecule has 0 saturated carbocycles. The van der Waals surface area contributed by atoms with Gasteiger partial charge in [-0.3, -0.25) is 9.48 Å². The number of alkyl halides is 3. The number of nitrogens with one attached hydrogen (secondary N) is 1. The van der Waals surface area contributed by atoms with Crippen molar-refractivity contribution in [2.45, 2.75) is 6.18 Å². The molecule has 23 heavy (non-hydrogen) atoms. The maximum Gasteiger partial charge on any atom is 0.435 e. The predicted molar refractivity (Wildman–Crippen MR) is 83.0 cm³/mol. The van der Waals surface area contributed by atoms with E-state index in [4.69, 9.17) is 11.6 Å². The third-order valence-electron chi connectivity index (χ3n) is 3.09. The summed E-state index contributed by atoms with van der Waals surface area (Å²) >= 11 is 6.78. The first-order chi connectivity index (χ1) is 10.8. The number of thiophene rings is 1. The number of benzene rings is 1. The molecule has 0 bridgehead atoms. The molecule has 0 atom stereocenters. The van der Waals surface area contributed by atoms with Crippen molar-refractivity contribution in [2.75, 3.05) is 5.32 Å². The van der Waals surface area contributed by atoms with Crippen LogP contribution >= 0.6 is 22.9 Å². The fourth-order valence-corrected chi connectivity index (χ4v) is 3.28. The largest absolute Gasteiger partial charge is 0.435 e. The predicted octanol–water partition coefficient (Wildman–Crippen LogP) is 4.56. The van der Waals surface area contributed by atoms with Crippen LogP contribution in [0.25, 0.3) is 10.2 Å². The molecule has 1 aromatic carbocycles. The molecule has 0 aliphatic heterocycles. The van der Waals surface area contributed by atoms with Gasteiger partial charge in [0.15, 0.2) is 5.69 Å². The Morgan fingerprint density at radius 1 is 1.35 bits per heavy atom. The first-order valence-corrected chi connectivity index (χ1v) is 7.56. The molecule has 2 aromatic heterocycles. The number of aryl methyl sites for hydroxylation is 1. The van der Waals surface area contributed by atoms with Crippen molar-refractivity contribution < 1.29 is 18.0 Å². The summed E-state index contributed by atoms with van der Waals surface area (Å²) in [7, 11) is 1.41. The zero-order valence-corrected chi connectivity index (χ0v) is 13.2. The first kappa shape index (κ1) is 15.8. The van der Waals surface area contributed by atoms with E-state index in [2.05, 4.69) is 10.4 Å². The lowest BCUT2D eigenvalue weighted by Gasteiger charge is -2.04. The number of carbonyl (C=O) groups excluding carboxylic acids is 1. The Balaban J connectivity index is 1.96. The average molecular weight is 360 g/mol. The van der Waals surface area contributed by atoms with Gasteiger partial charge in [-0.15, -0.1) is 11.3 Å². The van der Waals surface area contributed by atoms with Crippen LogP contribution in [-0.4, -0.2) is 15.7 Å². The van der Waals surface area contributed by atoms with E-state index in [0.717, 1.165) is 16.0 Å². The van der Waals surface area contributed by atoms with Crippen molar-refractivity contribution in [1.29, 1.82) is 0 Å². The summed E-state index contributed by atoms with van der Waals surface area (Å²) in [5.41, 5.74) is -0.526. The van der Waals surface area contributed by atoms with Gasteiger partial charge in [0.25, 0.3) is 5.91 Å². The summed E-state index contributed by atoms with van der Waals surface area (Å²) in [5.74, 6) is -0.499. The summed E-state index contributed by atoms with van der Waals surface area (Å²) in [4.78, 5) is 12.7. The van der Waals surface area contributed by atoms with Gasteiger partial charge < -0.3 is 5.32 Å². The molecular formula is C14H9ClF3N3OS. The maximum absolute atomic E-state index is 12.9. The molecule has 1 N–H and O–H groups in total. The molecule has 0 spiro atoms. The number of fused-ring (bicyclic) bond motifs is 1. The van der Waals surface area contributed by atoms with E-state index >= 15 is 0 Å². The fraction of sp³-hybridized carbons (Fsp3) is 0.143. The number of rotatable bonds is 2. The summed E-state index contributed by atoms with van der Waals surface area (Å²) in [6.45, 7) is 0. The van der Waals surface area contributed by atoms with Crippen molar-refractivity contribution in [3.63, 3.8) is 0 Å². The second-order valence-corrected chi connectivity index (χ2v) is 6.23. The number of amides is 1. The highest BCUT2D eigenvalue weighted by Gasteiger charge is 2.37. The smallest absolute Gasteiger partial charge is 0.321 e. The van der Waals surface area contributed by atoms with Gasteiger partial charge >= 0.3 is 6.18 Å². The van der Waals surface area contributed by atoms with Gasteiger partial charge in [0.1, 0.15) is 4.83 Å². The van der Waals surface area contributed by atoms with Crippen molar-refractivity contribution in [2.24, 2.45) is 7.05 Å². The standard InChI is InChI=1S/C14H9ClF3N3OS/c1-21-13-9(11(20-21)14(16,17)18)6-10(23-13)12(22)19-8-4-2-3-7(15)5-8/h2-6H,1H3,(H,19,22). The Bertz CT molecular complexity index is 900. The number of hydrogen-bond acceptors (Lipinski definition) is 3.